The van der Waals surface area contributed by atoms with Gasteiger partial charge in [0.2, 0.25) is 11.8 Å². The van der Waals surface area contributed by atoms with Gasteiger partial charge in [-0.25, -0.2) is 4.98 Å². The Morgan fingerprint density at radius 2 is 1.79 bits per heavy atom. The van der Waals surface area contributed by atoms with Crippen LogP contribution in [0, 0.1) is 13.8 Å². The molecule has 1 heterocycles. The molecule has 0 aliphatic rings. The number of nitrogens with zero attached hydrogens (tertiary/aromatic N) is 1. The van der Waals surface area contributed by atoms with Gasteiger partial charge in [0.05, 0.1) is 20.1 Å². The highest BCUT2D eigenvalue weighted by atomic mass is 16.5. The van der Waals surface area contributed by atoms with Gasteiger partial charge in [0, 0.05) is 6.20 Å². The average Bonchev–Trinajstić information content (AvgIpc) is 2.72. The van der Waals surface area contributed by atoms with E-state index in [4.69, 9.17) is 14.2 Å². The summed E-state index contributed by atoms with van der Waals surface area (Å²) in [6, 6.07) is 16.6. The van der Waals surface area contributed by atoms with Gasteiger partial charge in [0.1, 0.15) is 22.9 Å². The molecule has 0 unspecified atom stereocenters. The number of carbonyl (C=O) groups is 1. The Labute approximate surface area is 170 Å². The fourth-order valence-corrected chi connectivity index (χ4v) is 2.75. The van der Waals surface area contributed by atoms with E-state index >= 15 is 0 Å². The Morgan fingerprint density at radius 3 is 2.52 bits per heavy atom. The molecule has 0 atom stereocenters. The van der Waals surface area contributed by atoms with Crippen LogP contribution in [0.2, 0.25) is 0 Å². The van der Waals surface area contributed by atoms with Crippen LogP contribution in [0.5, 0.6) is 23.1 Å². The molecule has 6 nitrogen and oxygen atoms in total. The third-order valence-corrected chi connectivity index (χ3v) is 4.24. The van der Waals surface area contributed by atoms with Crippen molar-refractivity contribution in [3.8, 4) is 23.1 Å². The van der Waals surface area contributed by atoms with Crippen LogP contribution in [0.1, 0.15) is 17.5 Å². The standard InChI is InChI=1S/C23H24N2O4/c1-16-6-11-21(17(2)15-16)28-14-12-22(26)25-20-5-4-13-24-23(20)29-19-9-7-18(27-3)8-10-19/h4-11,13,15H,12,14H2,1-3H3,(H,25,26). The summed E-state index contributed by atoms with van der Waals surface area (Å²) in [6.07, 6.45) is 1.82. The normalized spacial score (nSPS) is 10.3. The lowest BCUT2D eigenvalue weighted by atomic mass is 10.1. The van der Waals surface area contributed by atoms with E-state index in [0.29, 0.717) is 17.3 Å². The first-order valence-electron chi connectivity index (χ1n) is 9.32. The minimum absolute atomic E-state index is 0.178. The van der Waals surface area contributed by atoms with E-state index < -0.39 is 0 Å². The molecule has 6 heteroatoms. The highest BCUT2D eigenvalue weighted by molar-refractivity contribution is 5.92. The molecule has 3 rings (SSSR count). The van der Waals surface area contributed by atoms with E-state index in [1.165, 1.54) is 5.56 Å². The van der Waals surface area contributed by atoms with Gasteiger partial charge in [-0.05, 0) is 61.9 Å². The summed E-state index contributed by atoms with van der Waals surface area (Å²) in [5, 5.41) is 2.83. The molecule has 3 aromatic rings. The number of methoxy groups -OCH3 is 1. The number of nitrogens with one attached hydrogen (secondary N) is 1. The van der Waals surface area contributed by atoms with Gasteiger partial charge >= 0.3 is 0 Å². The lowest BCUT2D eigenvalue weighted by Crippen LogP contribution is -2.16. The average molecular weight is 392 g/mol. The second-order valence-corrected chi connectivity index (χ2v) is 6.55. The number of pyridine rings is 1. The zero-order chi connectivity index (χ0) is 20.6. The monoisotopic (exact) mass is 392 g/mol. The van der Waals surface area contributed by atoms with E-state index in [1.54, 1.807) is 49.7 Å². The fraction of sp³-hybridized carbons (Fsp3) is 0.217. The van der Waals surface area contributed by atoms with Gasteiger partial charge in [-0.15, -0.1) is 0 Å². The summed E-state index contributed by atoms with van der Waals surface area (Å²) >= 11 is 0. The number of benzene rings is 2. The number of rotatable bonds is 8. The van der Waals surface area contributed by atoms with E-state index in [9.17, 15) is 4.79 Å². The van der Waals surface area contributed by atoms with Crippen molar-refractivity contribution in [3.63, 3.8) is 0 Å². The van der Waals surface area contributed by atoms with Gasteiger partial charge < -0.3 is 19.5 Å². The molecule has 0 spiro atoms. The lowest BCUT2D eigenvalue weighted by Gasteiger charge is -2.12. The first kappa shape index (κ1) is 20.2. The topological polar surface area (TPSA) is 69.7 Å². The van der Waals surface area contributed by atoms with Crippen molar-refractivity contribution >= 4 is 11.6 Å². The zero-order valence-corrected chi connectivity index (χ0v) is 16.8. The van der Waals surface area contributed by atoms with Gasteiger partial charge in [-0.3, -0.25) is 4.79 Å². The maximum atomic E-state index is 12.3. The van der Waals surface area contributed by atoms with Gasteiger partial charge in [-0.1, -0.05) is 17.7 Å². The molecule has 0 aliphatic heterocycles. The predicted octanol–water partition coefficient (Wildman–Crippen LogP) is 4.91. The predicted molar refractivity (Wildman–Crippen MR) is 112 cm³/mol. The van der Waals surface area contributed by atoms with Crippen molar-refractivity contribution in [2.75, 3.05) is 19.0 Å². The zero-order valence-electron chi connectivity index (χ0n) is 16.8. The van der Waals surface area contributed by atoms with Crippen LogP contribution in [0.15, 0.2) is 60.8 Å². The molecule has 0 bridgehead atoms. The molecule has 150 valence electrons. The molecule has 29 heavy (non-hydrogen) atoms. The Bertz CT molecular complexity index is 971. The van der Waals surface area contributed by atoms with E-state index in [0.717, 1.165) is 17.1 Å². The van der Waals surface area contributed by atoms with Crippen molar-refractivity contribution in [2.45, 2.75) is 20.3 Å². The molecule has 1 amide bonds. The summed E-state index contributed by atoms with van der Waals surface area (Å²) in [7, 11) is 1.60. The van der Waals surface area contributed by atoms with Crippen LogP contribution in [-0.2, 0) is 4.79 Å². The molecule has 1 N–H and O–H groups in total. The SMILES string of the molecule is COc1ccc(Oc2ncccc2NC(=O)CCOc2ccc(C)cc2C)cc1. The van der Waals surface area contributed by atoms with Gasteiger partial charge in [-0.2, -0.15) is 0 Å². The second kappa shape index (κ2) is 9.59. The third-order valence-electron chi connectivity index (χ3n) is 4.24. The van der Waals surface area contributed by atoms with Crippen molar-refractivity contribution in [3.05, 3.63) is 71.9 Å². The highest BCUT2D eigenvalue weighted by Gasteiger charge is 2.11. The van der Waals surface area contributed by atoms with Gasteiger partial charge in [0.15, 0.2) is 0 Å². The van der Waals surface area contributed by atoms with Gasteiger partial charge in [0.25, 0.3) is 0 Å². The first-order valence-corrected chi connectivity index (χ1v) is 9.32. The van der Waals surface area contributed by atoms with Crippen LogP contribution in [0.4, 0.5) is 5.69 Å². The Morgan fingerprint density at radius 1 is 1.03 bits per heavy atom. The molecular weight excluding hydrogens is 368 g/mol. The van der Waals surface area contributed by atoms with Crippen molar-refractivity contribution in [2.24, 2.45) is 0 Å². The lowest BCUT2D eigenvalue weighted by molar-refractivity contribution is -0.116. The molecule has 1 aromatic heterocycles. The summed E-state index contributed by atoms with van der Waals surface area (Å²) < 4.78 is 16.7. The van der Waals surface area contributed by atoms with E-state index in [2.05, 4.69) is 10.3 Å². The van der Waals surface area contributed by atoms with E-state index in [-0.39, 0.29) is 18.9 Å². The van der Waals surface area contributed by atoms with Crippen LogP contribution >= 0.6 is 0 Å². The molecule has 0 saturated heterocycles. The molecule has 0 fully saturated rings. The van der Waals surface area contributed by atoms with Crippen LogP contribution in [-0.4, -0.2) is 24.6 Å². The quantitative estimate of drug-likeness (QED) is 0.590. The number of anilines is 1. The second-order valence-electron chi connectivity index (χ2n) is 6.55. The number of aryl methyl sites for hydroxylation is 2. The number of aromatic nitrogens is 1. The summed E-state index contributed by atoms with van der Waals surface area (Å²) in [5.41, 5.74) is 2.72. The Kier molecular flexibility index (Phi) is 6.68. The molecular formula is C23H24N2O4. The largest absolute Gasteiger partial charge is 0.497 e. The van der Waals surface area contributed by atoms with Crippen LogP contribution in [0.3, 0.4) is 0 Å². The smallest absolute Gasteiger partial charge is 0.243 e. The van der Waals surface area contributed by atoms with E-state index in [1.807, 2.05) is 32.0 Å². The number of hydrogen-bond acceptors (Lipinski definition) is 5. The van der Waals surface area contributed by atoms with Crippen molar-refractivity contribution in [1.82, 2.24) is 4.98 Å². The maximum absolute atomic E-state index is 12.3. The molecule has 0 saturated carbocycles. The first-order chi connectivity index (χ1) is 14.0. The van der Waals surface area contributed by atoms with Crippen molar-refractivity contribution < 1.29 is 19.0 Å². The van der Waals surface area contributed by atoms with Crippen LogP contribution < -0.4 is 19.5 Å². The molecule has 2 aromatic carbocycles. The summed E-state index contributed by atoms with van der Waals surface area (Å²) in [4.78, 5) is 16.6. The third kappa shape index (κ3) is 5.72. The molecule has 0 radical (unpaired) electrons. The highest BCUT2D eigenvalue weighted by Crippen LogP contribution is 2.28. The summed E-state index contributed by atoms with van der Waals surface area (Å²) in [5.74, 6) is 2.26. The number of amides is 1. The van der Waals surface area contributed by atoms with Crippen LogP contribution in [0.25, 0.3) is 0 Å². The number of carbonyl (C=O) groups excluding carboxylic acids is 1. The Balaban J connectivity index is 1.57. The maximum Gasteiger partial charge on any atom is 0.243 e. The molecule has 0 aliphatic carbocycles. The van der Waals surface area contributed by atoms with Crippen molar-refractivity contribution in [1.29, 1.82) is 0 Å². The number of ether oxygens (including phenoxy) is 3. The minimum atomic E-state index is -0.178. The minimum Gasteiger partial charge on any atom is -0.497 e. The summed E-state index contributed by atoms with van der Waals surface area (Å²) in [6.45, 7) is 4.30. The fourth-order valence-electron chi connectivity index (χ4n) is 2.75. The number of hydrogen-bond donors (Lipinski definition) is 1. The Hall–Kier alpha value is -3.54.